The molecule has 6 nitrogen and oxygen atoms in total. The van der Waals surface area contributed by atoms with Crippen LogP contribution in [-0.4, -0.2) is 63.7 Å². The van der Waals surface area contributed by atoms with Crippen molar-refractivity contribution in [3.05, 3.63) is 58.5 Å². The molecule has 148 valence electrons. The first-order valence-corrected chi connectivity index (χ1v) is 10.5. The fraction of sp³-hybridized carbons (Fsp3) is 0.381. The number of benzene rings is 1. The lowest BCUT2D eigenvalue weighted by Gasteiger charge is -2.35. The van der Waals surface area contributed by atoms with Gasteiger partial charge in [0.2, 0.25) is 0 Å². The third kappa shape index (κ3) is 3.74. The molecule has 1 saturated heterocycles. The molecule has 0 bridgehead atoms. The van der Waals surface area contributed by atoms with E-state index in [4.69, 9.17) is 10.2 Å². The van der Waals surface area contributed by atoms with E-state index in [1.807, 2.05) is 10.7 Å². The number of aryl methyl sites for hydroxylation is 2. The number of β-amino-alcohol motifs (C(OH)–C–C–N with tert-alkyl or cyclic N) is 1. The van der Waals surface area contributed by atoms with Crippen molar-refractivity contribution in [2.45, 2.75) is 13.8 Å². The second kappa shape index (κ2) is 8.11. The summed E-state index contributed by atoms with van der Waals surface area (Å²) < 4.78 is 5.01. The Kier molecular flexibility index (Phi) is 5.57. The maximum Gasteiger partial charge on any atom is 0.160 e. The minimum atomic E-state index is 0.234. The van der Waals surface area contributed by atoms with Gasteiger partial charge in [-0.1, -0.05) is 0 Å². The van der Waals surface area contributed by atoms with Crippen LogP contribution >= 0.6 is 15.9 Å². The molecule has 0 aliphatic carbocycles. The zero-order chi connectivity index (χ0) is 19.7. The topological polar surface area (TPSA) is 49.5 Å². The van der Waals surface area contributed by atoms with E-state index in [1.54, 1.807) is 0 Å². The maximum absolute atomic E-state index is 9.09. The first-order chi connectivity index (χ1) is 13.6. The smallest absolute Gasteiger partial charge is 0.160 e. The molecule has 0 radical (unpaired) electrons. The molecule has 1 fully saturated rings. The Morgan fingerprint density at radius 2 is 1.54 bits per heavy atom. The van der Waals surface area contributed by atoms with Crippen LogP contribution in [0, 0.1) is 13.8 Å². The van der Waals surface area contributed by atoms with Gasteiger partial charge in [0.05, 0.1) is 12.3 Å². The molecule has 4 rings (SSSR count). The van der Waals surface area contributed by atoms with Crippen LogP contribution in [0.3, 0.4) is 0 Å². The van der Waals surface area contributed by atoms with Gasteiger partial charge >= 0.3 is 0 Å². The summed E-state index contributed by atoms with van der Waals surface area (Å²) in [5.41, 5.74) is 4.60. The van der Waals surface area contributed by atoms with Gasteiger partial charge in [-0.05, 0) is 66.2 Å². The van der Waals surface area contributed by atoms with Crippen LogP contribution in [0.2, 0.25) is 0 Å². The minimum Gasteiger partial charge on any atom is -0.395 e. The van der Waals surface area contributed by atoms with Gasteiger partial charge in [-0.3, -0.25) is 4.90 Å². The molecule has 0 amide bonds. The molecule has 1 N–H and O–H groups in total. The molecule has 1 aromatic carbocycles. The average Bonchev–Trinajstić information content (AvgIpc) is 3.24. The molecule has 0 spiro atoms. The van der Waals surface area contributed by atoms with Crippen molar-refractivity contribution >= 4 is 21.6 Å². The van der Waals surface area contributed by atoms with Gasteiger partial charge in [-0.2, -0.15) is 0 Å². The Bertz CT molecular complexity index is 919. The first-order valence-electron chi connectivity index (χ1n) is 9.66. The van der Waals surface area contributed by atoms with Gasteiger partial charge in [-0.25, -0.2) is 4.68 Å². The Balaban J connectivity index is 1.52. The molecular weight excluding hydrogens is 418 g/mol. The molecule has 0 atom stereocenters. The molecule has 3 aromatic rings. The lowest BCUT2D eigenvalue weighted by Crippen LogP contribution is -2.47. The van der Waals surface area contributed by atoms with Crippen LogP contribution in [0.5, 0.6) is 0 Å². The SMILES string of the molecule is Cc1ccc(C)n1-c1cc(Br)n(-c2ccc(N3CCN(CCO)CC3)cc2)n1. The van der Waals surface area contributed by atoms with E-state index in [-0.39, 0.29) is 6.61 Å². The van der Waals surface area contributed by atoms with Gasteiger partial charge in [0.1, 0.15) is 4.60 Å². The number of hydrogen-bond acceptors (Lipinski definition) is 4. The highest BCUT2D eigenvalue weighted by molar-refractivity contribution is 9.10. The number of nitrogens with zero attached hydrogens (tertiary/aromatic N) is 5. The van der Waals surface area contributed by atoms with E-state index in [2.05, 4.69) is 80.5 Å². The van der Waals surface area contributed by atoms with Gasteiger partial charge in [-0.15, -0.1) is 5.10 Å². The number of aliphatic hydroxyl groups is 1. The molecule has 2 aromatic heterocycles. The van der Waals surface area contributed by atoms with Crippen LogP contribution in [-0.2, 0) is 0 Å². The lowest BCUT2D eigenvalue weighted by atomic mass is 10.2. The summed E-state index contributed by atoms with van der Waals surface area (Å²) in [4.78, 5) is 4.70. The van der Waals surface area contributed by atoms with Crippen molar-refractivity contribution < 1.29 is 5.11 Å². The second-order valence-electron chi connectivity index (χ2n) is 7.26. The zero-order valence-corrected chi connectivity index (χ0v) is 17.9. The molecular formula is C21H26BrN5O. The fourth-order valence-electron chi connectivity index (χ4n) is 3.84. The van der Waals surface area contributed by atoms with Crippen LogP contribution in [0.4, 0.5) is 5.69 Å². The number of halogens is 1. The number of anilines is 1. The molecule has 1 aliphatic rings. The normalized spacial score (nSPS) is 15.4. The predicted molar refractivity (Wildman–Crippen MR) is 116 cm³/mol. The Morgan fingerprint density at radius 1 is 0.929 bits per heavy atom. The Morgan fingerprint density at radius 3 is 2.14 bits per heavy atom. The minimum absolute atomic E-state index is 0.234. The number of rotatable bonds is 5. The van der Waals surface area contributed by atoms with Gasteiger partial charge in [0.15, 0.2) is 5.82 Å². The number of aromatic nitrogens is 3. The van der Waals surface area contributed by atoms with Crippen molar-refractivity contribution in [2.75, 3.05) is 44.2 Å². The fourth-order valence-corrected chi connectivity index (χ4v) is 4.33. The second-order valence-corrected chi connectivity index (χ2v) is 8.07. The zero-order valence-electron chi connectivity index (χ0n) is 16.3. The highest BCUT2D eigenvalue weighted by atomic mass is 79.9. The summed E-state index contributed by atoms with van der Waals surface area (Å²) in [7, 11) is 0. The maximum atomic E-state index is 9.09. The summed E-state index contributed by atoms with van der Waals surface area (Å²) in [5.74, 6) is 0.913. The van der Waals surface area contributed by atoms with E-state index in [0.29, 0.717) is 0 Å². The summed E-state index contributed by atoms with van der Waals surface area (Å²) >= 11 is 3.66. The highest BCUT2D eigenvalue weighted by Crippen LogP contribution is 2.25. The van der Waals surface area contributed by atoms with Crippen LogP contribution in [0.15, 0.2) is 47.1 Å². The molecule has 1 aliphatic heterocycles. The lowest BCUT2D eigenvalue weighted by molar-refractivity contribution is 0.189. The van der Waals surface area contributed by atoms with E-state index in [9.17, 15) is 0 Å². The largest absolute Gasteiger partial charge is 0.395 e. The van der Waals surface area contributed by atoms with Crippen molar-refractivity contribution in [3.8, 4) is 11.5 Å². The predicted octanol–water partition coefficient (Wildman–Crippen LogP) is 3.16. The summed E-state index contributed by atoms with van der Waals surface area (Å²) in [6, 6.07) is 14.8. The molecule has 0 saturated carbocycles. The highest BCUT2D eigenvalue weighted by Gasteiger charge is 2.17. The molecule has 0 unspecified atom stereocenters. The van der Waals surface area contributed by atoms with Crippen molar-refractivity contribution in [1.29, 1.82) is 0 Å². The van der Waals surface area contributed by atoms with Crippen LogP contribution in [0.25, 0.3) is 11.5 Å². The summed E-state index contributed by atoms with van der Waals surface area (Å²) in [6.07, 6.45) is 0. The van der Waals surface area contributed by atoms with E-state index in [1.165, 1.54) is 17.1 Å². The third-order valence-corrected chi connectivity index (χ3v) is 5.97. The number of aliphatic hydroxyl groups excluding tert-OH is 1. The number of hydrogen-bond donors (Lipinski definition) is 1. The first kappa shape index (κ1) is 19.2. The standard InChI is InChI=1S/C21H26BrN5O/c1-16-3-4-17(2)26(16)21-15-20(22)27(23-21)19-7-5-18(6-8-19)25-11-9-24(10-12-25)13-14-28/h3-8,15,28H,9-14H2,1-2H3. The van der Waals surface area contributed by atoms with E-state index >= 15 is 0 Å². The van der Waals surface area contributed by atoms with Gasteiger partial charge < -0.3 is 14.6 Å². The Labute approximate surface area is 174 Å². The van der Waals surface area contributed by atoms with Gasteiger partial charge in [0, 0.05) is 55.9 Å². The van der Waals surface area contributed by atoms with Crippen molar-refractivity contribution in [2.24, 2.45) is 0 Å². The average molecular weight is 444 g/mol. The monoisotopic (exact) mass is 443 g/mol. The third-order valence-electron chi connectivity index (χ3n) is 5.40. The molecule has 28 heavy (non-hydrogen) atoms. The summed E-state index contributed by atoms with van der Waals surface area (Å²) in [5, 5.41) is 13.9. The van der Waals surface area contributed by atoms with E-state index in [0.717, 1.165) is 48.8 Å². The quantitative estimate of drug-likeness (QED) is 0.657. The number of piperazine rings is 1. The molecule has 3 heterocycles. The molecule has 7 heteroatoms. The van der Waals surface area contributed by atoms with Crippen molar-refractivity contribution in [1.82, 2.24) is 19.2 Å². The van der Waals surface area contributed by atoms with Crippen LogP contribution < -0.4 is 4.90 Å². The summed E-state index contributed by atoms with van der Waals surface area (Å²) in [6.45, 7) is 9.14. The van der Waals surface area contributed by atoms with Crippen molar-refractivity contribution in [3.63, 3.8) is 0 Å². The van der Waals surface area contributed by atoms with Crippen LogP contribution in [0.1, 0.15) is 11.4 Å². The Hall–Kier alpha value is -2.09. The van der Waals surface area contributed by atoms with Gasteiger partial charge in [0.25, 0.3) is 0 Å². The van der Waals surface area contributed by atoms with E-state index < -0.39 is 0 Å².